The van der Waals surface area contributed by atoms with Crippen LogP contribution in [-0.4, -0.2) is 18.5 Å². The lowest BCUT2D eigenvalue weighted by Gasteiger charge is -2.22. The van der Waals surface area contributed by atoms with Crippen molar-refractivity contribution in [3.8, 4) is 5.75 Å². The van der Waals surface area contributed by atoms with Gasteiger partial charge >= 0.3 is 6.09 Å². The lowest BCUT2D eigenvalue weighted by Crippen LogP contribution is -2.34. The molecule has 0 aromatic heterocycles. The average molecular weight is 370 g/mol. The summed E-state index contributed by atoms with van der Waals surface area (Å²) in [4.78, 5) is 26.1. The van der Waals surface area contributed by atoms with Crippen LogP contribution in [0.15, 0.2) is 48.5 Å². The predicted octanol–water partition coefficient (Wildman–Crippen LogP) is 4.98. The molecule has 3 rings (SSSR count). The normalized spacial score (nSPS) is 13.1. The van der Waals surface area contributed by atoms with Gasteiger partial charge in [-0.25, -0.2) is 9.18 Å². The molecule has 1 fully saturated rings. The van der Waals surface area contributed by atoms with Crippen LogP contribution >= 0.6 is 0 Å². The molecule has 2 aromatic rings. The van der Waals surface area contributed by atoms with E-state index < -0.39 is 6.09 Å². The number of rotatable bonds is 7. The molecule has 0 heterocycles. The largest absolute Gasteiger partial charge is 0.419 e. The number of anilines is 2. The van der Waals surface area contributed by atoms with Crippen LogP contribution in [0.5, 0.6) is 5.75 Å². The van der Waals surface area contributed by atoms with Gasteiger partial charge in [-0.3, -0.25) is 9.69 Å². The fraction of sp³-hybridized carbons (Fsp3) is 0.333. The van der Waals surface area contributed by atoms with Crippen LogP contribution in [0.4, 0.5) is 20.6 Å². The minimum atomic E-state index is -0.541. The molecule has 0 unspecified atom stereocenters. The van der Waals surface area contributed by atoms with Crippen molar-refractivity contribution >= 4 is 23.4 Å². The second-order valence-corrected chi connectivity index (χ2v) is 6.64. The van der Waals surface area contributed by atoms with Gasteiger partial charge in [-0.15, -0.1) is 0 Å². The first-order chi connectivity index (χ1) is 13.1. The average Bonchev–Trinajstić information content (AvgIpc) is 3.49. The summed E-state index contributed by atoms with van der Waals surface area (Å²) in [5.74, 6) is 0.0763. The molecule has 2 aromatic carbocycles. The minimum absolute atomic E-state index is 0.00522. The monoisotopic (exact) mass is 370 g/mol. The Bertz CT molecular complexity index is 803. The van der Waals surface area contributed by atoms with E-state index in [0.29, 0.717) is 23.7 Å². The summed E-state index contributed by atoms with van der Waals surface area (Å²) in [7, 11) is 0. The van der Waals surface area contributed by atoms with E-state index in [-0.39, 0.29) is 17.6 Å². The summed E-state index contributed by atoms with van der Waals surface area (Å²) in [6.07, 6.45) is 3.01. The number of nitrogens with one attached hydrogen (secondary N) is 1. The van der Waals surface area contributed by atoms with Crippen molar-refractivity contribution in [1.29, 1.82) is 0 Å². The van der Waals surface area contributed by atoms with Gasteiger partial charge in [0.15, 0.2) is 0 Å². The van der Waals surface area contributed by atoms with Crippen LogP contribution in [0, 0.1) is 11.7 Å². The van der Waals surface area contributed by atoms with Crippen molar-refractivity contribution in [1.82, 2.24) is 0 Å². The number of hydrogen-bond acceptors (Lipinski definition) is 3. The highest BCUT2D eigenvalue weighted by atomic mass is 19.1. The van der Waals surface area contributed by atoms with Crippen LogP contribution in [0.3, 0.4) is 0 Å². The second-order valence-electron chi connectivity index (χ2n) is 6.64. The molecule has 1 saturated carbocycles. The Balaban J connectivity index is 1.70. The van der Waals surface area contributed by atoms with Gasteiger partial charge in [-0.05, 0) is 55.7 Å². The smallest absolute Gasteiger partial charge is 0.410 e. The quantitative estimate of drug-likeness (QED) is 0.748. The maximum absolute atomic E-state index is 13.2. The van der Waals surface area contributed by atoms with Crippen molar-refractivity contribution in [2.24, 2.45) is 5.92 Å². The van der Waals surface area contributed by atoms with Crippen LogP contribution < -0.4 is 15.0 Å². The lowest BCUT2D eigenvalue weighted by atomic mass is 10.2. The highest BCUT2D eigenvalue weighted by Gasteiger charge is 2.29. The molecule has 27 heavy (non-hydrogen) atoms. The summed E-state index contributed by atoms with van der Waals surface area (Å²) in [5, 5.41) is 2.83. The fourth-order valence-electron chi connectivity index (χ4n) is 2.65. The van der Waals surface area contributed by atoms with Crippen LogP contribution in [-0.2, 0) is 4.79 Å². The van der Waals surface area contributed by atoms with Crippen LogP contribution in [0.1, 0.15) is 32.6 Å². The maximum Gasteiger partial charge on any atom is 0.419 e. The molecule has 0 saturated heterocycles. The summed E-state index contributed by atoms with van der Waals surface area (Å²) >= 11 is 0. The van der Waals surface area contributed by atoms with Crippen LogP contribution in [0.25, 0.3) is 0 Å². The van der Waals surface area contributed by atoms with Crippen molar-refractivity contribution in [3.63, 3.8) is 0 Å². The Kier molecular flexibility index (Phi) is 6.06. The second kappa shape index (κ2) is 8.66. The molecule has 1 aliphatic carbocycles. The van der Waals surface area contributed by atoms with E-state index in [9.17, 15) is 14.0 Å². The molecule has 0 atom stereocenters. The number of ether oxygens (including phenoxy) is 1. The Morgan fingerprint density at radius 1 is 1.19 bits per heavy atom. The molecule has 142 valence electrons. The third-order valence-electron chi connectivity index (χ3n) is 4.35. The summed E-state index contributed by atoms with van der Waals surface area (Å²) in [6.45, 7) is 2.50. The molecule has 1 aliphatic rings. The first-order valence-electron chi connectivity index (χ1n) is 9.22. The molecule has 0 bridgehead atoms. The molecule has 5 nitrogen and oxygen atoms in total. The van der Waals surface area contributed by atoms with E-state index in [4.69, 9.17) is 4.74 Å². The minimum Gasteiger partial charge on any atom is -0.410 e. The molecular formula is C21H23FN2O3. The van der Waals surface area contributed by atoms with Gasteiger partial charge in [-0.2, -0.15) is 0 Å². The molecular weight excluding hydrogens is 347 g/mol. The van der Waals surface area contributed by atoms with Gasteiger partial charge in [0.25, 0.3) is 0 Å². The number of unbranched alkanes of at least 4 members (excludes halogenated alkanes) is 1. The molecule has 6 heteroatoms. The van der Waals surface area contributed by atoms with Crippen molar-refractivity contribution in [3.05, 3.63) is 54.3 Å². The summed E-state index contributed by atoms with van der Waals surface area (Å²) < 4.78 is 18.7. The molecule has 1 N–H and O–H groups in total. The van der Waals surface area contributed by atoms with Crippen molar-refractivity contribution in [2.45, 2.75) is 32.6 Å². The van der Waals surface area contributed by atoms with Gasteiger partial charge < -0.3 is 10.1 Å². The first-order valence-corrected chi connectivity index (χ1v) is 9.22. The number of carbonyl (C=O) groups is 2. The lowest BCUT2D eigenvalue weighted by molar-refractivity contribution is -0.117. The number of carbonyl (C=O) groups excluding carboxylic acids is 2. The van der Waals surface area contributed by atoms with E-state index in [1.807, 2.05) is 6.92 Å². The Hall–Kier alpha value is -2.89. The van der Waals surface area contributed by atoms with E-state index in [2.05, 4.69) is 5.32 Å². The Morgan fingerprint density at radius 2 is 1.93 bits per heavy atom. The van der Waals surface area contributed by atoms with E-state index in [1.54, 1.807) is 36.4 Å². The highest BCUT2D eigenvalue weighted by molar-refractivity contribution is 5.94. The molecule has 0 radical (unpaired) electrons. The van der Waals surface area contributed by atoms with E-state index >= 15 is 0 Å². The molecule has 0 aliphatic heterocycles. The summed E-state index contributed by atoms with van der Waals surface area (Å²) in [5.41, 5.74) is 1.17. The maximum atomic E-state index is 13.2. The van der Waals surface area contributed by atoms with Gasteiger partial charge in [-0.1, -0.05) is 19.4 Å². The number of hydrogen-bond donors (Lipinski definition) is 1. The predicted molar refractivity (Wildman–Crippen MR) is 102 cm³/mol. The number of benzene rings is 2. The van der Waals surface area contributed by atoms with Gasteiger partial charge in [0.05, 0.1) is 0 Å². The van der Waals surface area contributed by atoms with Crippen LogP contribution in [0.2, 0.25) is 0 Å². The SMILES string of the molecule is CCCCN(C(=O)Oc1cccc(NC(=O)C2CC2)c1)c1ccc(F)cc1. The van der Waals surface area contributed by atoms with Gasteiger partial charge in [0.1, 0.15) is 11.6 Å². The standard InChI is InChI=1S/C21H23FN2O3/c1-2-3-13-24(18-11-9-16(22)10-12-18)21(26)27-19-6-4-5-17(14-19)23-20(25)15-7-8-15/h4-6,9-12,14-15H,2-3,7-8,13H2,1H3,(H,23,25). The Labute approximate surface area is 158 Å². The fourth-order valence-corrected chi connectivity index (χ4v) is 2.65. The Morgan fingerprint density at radius 3 is 2.59 bits per heavy atom. The third-order valence-corrected chi connectivity index (χ3v) is 4.35. The van der Waals surface area contributed by atoms with Crippen molar-refractivity contribution in [2.75, 3.05) is 16.8 Å². The molecule has 2 amide bonds. The van der Waals surface area contributed by atoms with Gasteiger partial charge in [0, 0.05) is 29.9 Å². The zero-order chi connectivity index (χ0) is 19.2. The highest BCUT2D eigenvalue weighted by Crippen LogP contribution is 2.30. The van der Waals surface area contributed by atoms with E-state index in [1.165, 1.54) is 17.0 Å². The van der Waals surface area contributed by atoms with E-state index in [0.717, 1.165) is 25.7 Å². The van der Waals surface area contributed by atoms with Gasteiger partial charge in [0.2, 0.25) is 5.91 Å². The zero-order valence-corrected chi connectivity index (χ0v) is 15.3. The van der Waals surface area contributed by atoms with Crippen molar-refractivity contribution < 1.29 is 18.7 Å². The zero-order valence-electron chi connectivity index (χ0n) is 15.3. The topological polar surface area (TPSA) is 58.6 Å². The third kappa shape index (κ3) is 5.29. The molecule has 0 spiro atoms. The summed E-state index contributed by atoms with van der Waals surface area (Å²) in [6, 6.07) is 12.5. The number of nitrogens with zero attached hydrogens (tertiary/aromatic N) is 1. The first kappa shape index (κ1) is 18.9. The number of amides is 2. The number of halogens is 1.